The molecule has 0 fully saturated rings. The van der Waals surface area contributed by atoms with Crippen LogP contribution in [0.3, 0.4) is 0 Å². The van der Waals surface area contributed by atoms with Gasteiger partial charge in [-0.2, -0.15) is 0 Å². The van der Waals surface area contributed by atoms with Crippen molar-refractivity contribution in [1.29, 1.82) is 0 Å². The summed E-state index contributed by atoms with van der Waals surface area (Å²) in [4.78, 5) is 2.26. The number of rotatable bonds is 3. The number of benzene rings is 1. The highest BCUT2D eigenvalue weighted by Gasteiger charge is 2.37. The second kappa shape index (κ2) is 5.10. The summed E-state index contributed by atoms with van der Waals surface area (Å²) >= 11 is 0. The van der Waals surface area contributed by atoms with Crippen molar-refractivity contribution < 1.29 is 5.11 Å². The third-order valence-corrected chi connectivity index (χ3v) is 4.43. The number of aliphatic hydroxyl groups is 1. The van der Waals surface area contributed by atoms with Gasteiger partial charge in [0.2, 0.25) is 0 Å². The van der Waals surface area contributed by atoms with Crippen LogP contribution in [-0.4, -0.2) is 37.4 Å². The molecule has 0 saturated heterocycles. The Labute approximate surface area is 129 Å². The Hall–Kier alpha value is -2.40. The topological polar surface area (TPSA) is 54.2 Å². The van der Waals surface area contributed by atoms with Crippen LogP contribution >= 0.6 is 0 Å². The lowest BCUT2D eigenvalue weighted by Crippen LogP contribution is -2.36. The zero-order valence-electron chi connectivity index (χ0n) is 12.4. The molecular weight excluding hydrogens is 276 g/mol. The maximum atomic E-state index is 9.75. The monoisotopic (exact) mass is 294 g/mol. The quantitative estimate of drug-likeness (QED) is 0.939. The first-order valence-corrected chi connectivity index (χ1v) is 7.50. The number of aryl methyl sites for hydroxylation is 1. The molecule has 0 spiro atoms. The van der Waals surface area contributed by atoms with E-state index in [4.69, 9.17) is 0 Å². The van der Waals surface area contributed by atoms with Crippen molar-refractivity contribution in [3.8, 4) is 0 Å². The maximum Gasteiger partial charge on any atom is 0.157 e. The highest BCUT2D eigenvalue weighted by atomic mass is 16.3. The lowest BCUT2D eigenvalue weighted by Gasteiger charge is -2.32. The molecule has 3 heterocycles. The van der Waals surface area contributed by atoms with Crippen molar-refractivity contribution >= 4 is 6.08 Å². The number of aliphatic hydroxyl groups excluding tert-OH is 1. The summed E-state index contributed by atoms with van der Waals surface area (Å²) in [7, 11) is 0. The lowest BCUT2D eigenvalue weighted by atomic mass is 10.1. The Morgan fingerprint density at radius 2 is 1.95 bits per heavy atom. The molecule has 2 atom stereocenters. The van der Waals surface area contributed by atoms with E-state index in [0.29, 0.717) is 0 Å². The van der Waals surface area contributed by atoms with Crippen molar-refractivity contribution in [2.45, 2.75) is 25.6 Å². The SMILES string of the molecule is Cc1nnc2n1C1C=C(CO)N(Cc3ccccc3)C1C=C2. The molecule has 1 aromatic heterocycles. The summed E-state index contributed by atoms with van der Waals surface area (Å²) in [5.41, 5.74) is 2.20. The molecule has 2 aromatic rings. The van der Waals surface area contributed by atoms with Gasteiger partial charge in [0.1, 0.15) is 5.82 Å². The van der Waals surface area contributed by atoms with Gasteiger partial charge in [-0.15, -0.1) is 10.2 Å². The zero-order valence-corrected chi connectivity index (χ0v) is 12.4. The summed E-state index contributed by atoms with van der Waals surface area (Å²) in [5.74, 6) is 1.79. The van der Waals surface area contributed by atoms with Crippen molar-refractivity contribution in [3.05, 3.63) is 65.4 Å². The molecule has 0 bridgehead atoms. The lowest BCUT2D eigenvalue weighted by molar-refractivity contribution is 0.222. The Balaban J connectivity index is 1.70. The molecule has 0 aliphatic carbocycles. The fourth-order valence-electron chi connectivity index (χ4n) is 3.40. The average molecular weight is 294 g/mol. The predicted molar refractivity (Wildman–Crippen MR) is 83.8 cm³/mol. The smallest absolute Gasteiger partial charge is 0.157 e. The minimum absolute atomic E-state index is 0.0458. The standard InChI is InChI=1S/C17H18N4O/c1-12-18-19-17-8-7-15-16(21(12)17)9-14(11-22)20(15)10-13-5-3-2-4-6-13/h2-9,15-16,22H,10-11H2,1H3. The maximum absolute atomic E-state index is 9.75. The molecule has 2 aliphatic heterocycles. The Morgan fingerprint density at radius 3 is 2.73 bits per heavy atom. The van der Waals surface area contributed by atoms with E-state index in [1.165, 1.54) is 5.56 Å². The largest absolute Gasteiger partial charge is 0.390 e. The van der Waals surface area contributed by atoms with Gasteiger partial charge in [-0.25, -0.2) is 0 Å². The van der Waals surface area contributed by atoms with Crippen molar-refractivity contribution in [1.82, 2.24) is 19.7 Å². The highest BCUT2D eigenvalue weighted by molar-refractivity contribution is 5.48. The number of hydrogen-bond donors (Lipinski definition) is 1. The van der Waals surface area contributed by atoms with E-state index < -0.39 is 0 Å². The molecule has 112 valence electrons. The van der Waals surface area contributed by atoms with Crippen LogP contribution < -0.4 is 0 Å². The molecule has 1 aromatic carbocycles. The Morgan fingerprint density at radius 1 is 1.14 bits per heavy atom. The fraction of sp³-hybridized carbons (Fsp3) is 0.294. The second-order valence-electron chi connectivity index (χ2n) is 5.75. The summed E-state index contributed by atoms with van der Waals surface area (Å²) in [6.07, 6.45) is 6.32. The summed E-state index contributed by atoms with van der Waals surface area (Å²) < 4.78 is 2.14. The summed E-state index contributed by atoms with van der Waals surface area (Å²) in [5, 5.41) is 18.1. The van der Waals surface area contributed by atoms with Crippen LogP contribution in [0.4, 0.5) is 0 Å². The van der Waals surface area contributed by atoms with Crippen molar-refractivity contribution in [2.75, 3.05) is 6.61 Å². The van der Waals surface area contributed by atoms with Gasteiger partial charge in [0.15, 0.2) is 5.82 Å². The molecular formula is C17H18N4O. The van der Waals surface area contributed by atoms with Gasteiger partial charge in [-0.05, 0) is 24.6 Å². The van der Waals surface area contributed by atoms with E-state index in [0.717, 1.165) is 23.9 Å². The van der Waals surface area contributed by atoms with E-state index in [9.17, 15) is 5.11 Å². The third kappa shape index (κ3) is 1.97. The van der Waals surface area contributed by atoms with Crippen molar-refractivity contribution in [2.24, 2.45) is 0 Å². The number of aromatic nitrogens is 3. The minimum atomic E-state index is 0.0458. The zero-order chi connectivity index (χ0) is 15.1. The first kappa shape index (κ1) is 13.3. The first-order valence-electron chi connectivity index (χ1n) is 7.50. The van der Waals surface area contributed by atoms with Crippen molar-refractivity contribution in [3.63, 3.8) is 0 Å². The van der Waals surface area contributed by atoms with E-state index in [-0.39, 0.29) is 18.7 Å². The second-order valence-corrected chi connectivity index (χ2v) is 5.75. The molecule has 5 nitrogen and oxygen atoms in total. The number of nitrogens with zero attached hydrogens (tertiary/aromatic N) is 4. The van der Waals surface area contributed by atoms with Crippen LogP contribution in [0.15, 0.2) is 48.2 Å². The van der Waals surface area contributed by atoms with Gasteiger partial charge in [0.25, 0.3) is 0 Å². The average Bonchev–Trinajstić information content (AvgIpc) is 3.09. The Bertz CT molecular complexity index is 747. The van der Waals surface area contributed by atoms with E-state index >= 15 is 0 Å². The van der Waals surface area contributed by atoms with Gasteiger partial charge in [0, 0.05) is 12.2 Å². The first-order chi connectivity index (χ1) is 10.8. The van der Waals surface area contributed by atoms with Gasteiger partial charge < -0.3 is 14.6 Å². The molecule has 4 rings (SSSR count). The molecule has 2 aliphatic rings. The number of fused-ring (bicyclic) bond motifs is 3. The van der Waals surface area contributed by atoms with Crippen LogP contribution in [0.2, 0.25) is 0 Å². The van der Waals surface area contributed by atoms with Gasteiger partial charge >= 0.3 is 0 Å². The third-order valence-electron chi connectivity index (χ3n) is 4.43. The van der Waals surface area contributed by atoms with Crippen LogP contribution in [0.1, 0.15) is 23.3 Å². The predicted octanol–water partition coefficient (Wildman–Crippen LogP) is 1.92. The van der Waals surface area contributed by atoms with Crippen LogP contribution in [0.25, 0.3) is 6.08 Å². The highest BCUT2D eigenvalue weighted by Crippen LogP contribution is 2.37. The van der Waals surface area contributed by atoms with Crippen LogP contribution in [-0.2, 0) is 6.54 Å². The molecule has 2 unspecified atom stereocenters. The van der Waals surface area contributed by atoms with E-state index in [1.807, 2.05) is 31.2 Å². The van der Waals surface area contributed by atoms with Gasteiger partial charge in [0.05, 0.1) is 18.7 Å². The molecule has 22 heavy (non-hydrogen) atoms. The minimum Gasteiger partial charge on any atom is -0.390 e. The van der Waals surface area contributed by atoms with Crippen LogP contribution in [0.5, 0.6) is 0 Å². The van der Waals surface area contributed by atoms with Crippen LogP contribution in [0, 0.1) is 6.92 Å². The fourth-order valence-corrected chi connectivity index (χ4v) is 3.40. The van der Waals surface area contributed by atoms with Gasteiger partial charge in [-0.3, -0.25) is 0 Å². The molecule has 0 amide bonds. The molecule has 1 N–H and O–H groups in total. The molecule has 5 heteroatoms. The van der Waals surface area contributed by atoms with E-state index in [1.54, 1.807) is 0 Å². The Kier molecular flexibility index (Phi) is 3.08. The normalized spacial score (nSPS) is 22.5. The summed E-state index contributed by atoms with van der Waals surface area (Å²) in [6, 6.07) is 10.7. The number of hydrogen-bond acceptors (Lipinski definition) is 4. The summed E-state index contributed by atoms with van der Waals surface area (Å²) in [6.45, 7) is 2.80. The van der Waals surface area contributed by atoms with E-state index in [2.05, 4.69) is 43.9 Å². The van der Waals surface area contributed by atoms with Gasteiger partial charge in [-0.1, -0.05) is 36.4 Å². The molecule has 0 saturated carbocycles. The molecule has 0 radical (unpaired) electrons.